The predicted molar refractivity (Wildman–Crippen MR) is 48.5 cm³/mol. The van der Waals surface area contributed by atoms with Crippen LogP contribution in [-0.4, -0.2) is 16.1 Å². The minimum absolute atomic E-state index is 0.0643. The third-order valence-electron chi connectivity index (χ3n) is 1.32. The maximum absolute atomic E-state index is 8.53. The van der Waals surface area contributed by atoms with Crippen LogP contribution < -0.4 is 0 Å². The molecule has 0 amide bonds. The van der Waals surface area contributed by atoms with Crippen molar-refractivity contribution in [2.75, 3.05) is 0 Å². The Morgan fingerprint density at radius 3 is 3.00 bits per heavy atom. The summed E-state index contributed by atoms with van der Waals surface area (Å²) in [5.41, 5.74) is 0. The van der Waals surface area contributed by atoms with Crippen LogP contribution in [0.1, 0.15) is 6.92 Å². The molecule has 10 heavy (non-hydrogen) atoms. The second-order valence-corrected chi connectivity index (χ2v) is 3.04. The van der Waals surface area contributed by atoms with Crippen molar-refractivity contribution >= 4 is 32.6 Å². The number of rotatable bonds is 0. The molecule has 0 spiro atoms. The summed E-state index contributed by atoms with van der Waals surface area (Å²) < 4.78 is 0.733. The lowest BCUT2D eigenvalue weighted by Gasteiger charge is -2.11. The lowest BCUT2D eigenvalue weighted by atomic mass is 10.1. The molecule has 0 saturated heterocycles. The molecule has 1 aliphatic rings. The number of hydrogen-bond acceptors (Lipinski definition) is 3. The van der Waals surface area contributed by atoms with E-state index in [1.165, 1.54) is 0 Å². The first-order valence-corrected chi connectivity index (χ1v) is 3.99. The van der Waals surface area contributed by atoms with Crippen LogP contribution in [0.3, 0.4) is 0 Å². The third-order valence-corrected chi connectivity index (χ3v) is 1.88. The first-order valence-electron chi connectivity index (χ1n) is 2.91. The predicted octanol–water partition coefficient (Wildman–Crippen LogP) is 1.39. The van der Waals surface area contributed by atoms with Crippen molar-refractivity contribution < 1.29 is 0 Å². The molecule has 3 nitrogen and oxygen atoms in total. The van der Waals surface area contributed by atoms with E-state index in [4.69, 9.17) is 5.26 Å². The molecular weight excluding hydrogens is 241 g/mol. The molecule has 0 aromatic carbocycles. The summed E-state index contributed by atoms with van der Waals surface area (Å²) in [5, 5.41) is 8.53. The maximum atomic E-state index is 8.53. The van der Waals surface area contributed by atoms with Crippen LogP contribution in [0.4, 0.5) is 0 Å². The number of amidine groups is 1. The van der Waals surface area contributed by atoms with E-state index in [9.17, 15) is 0 Å². The van der Waals surface area contributed by atoms with Gasteiger partial charge < -0.3 is 0 Å². The number of aliphatic imine (C=N–C) groups is 2. The fourth-order valence-electron chi connectivity index (χ4n) is 0.689. The largest absolute Gasteiger partial charge is 0.256 e. The summed E-state index contributed by atoms with van der Waals surface area (Å²) in [4.78, 5) is 8.04. The highest BCUT2D eigenvalue weighted by atomic mass is 127. The maximum Gasteiger partial charge on any atom is 0.186 e. The van der Waals surface area contributed by atoms with Gasteiger partial charge in [0, 0.05) is 28.8 Å². The Morgan fingerprint density at radius 1 is 1.80 bits per heavy atom. The van der Waals surface area contributed by atoms with Gasteiger partial charge in [0.15, 0.2) is 3.84 Å². The van der Waals surface area contributed by atoms with Gasteiger partial charge in [-0.3, -0.25) is 4.99 Å². The van der Waals surface area contributed by atoms with Crippen molar-refractivity contribution in [1.29, 1.82) is 5.26 Å². The molecule has 2 atom stereocenters. The van der Waals surface area contributed by atoms with E-state index in [1.807, 2.05) is 29.5 Å². The molecule has 4 heteroatoms. The highest BCUT2D eigenvalue weighted by molar-refractivity contribution is 14.1. The minimum Gasteiger partial charge on any atom is -0.256 e. The van der Waals surface area contributed by atoms with Gasteiger partial charge >= 0.3 is 0 Å². The Balaban J connectivity index is 2.76. The lowest BCUT2D eigenvalue weighted by Crippen LogP contribution is -2.19. The molecule has 0 bridgehead atoms. The Bertz CT molecular complexity index is 226. The minimum atomic E-state index is -0.140. The average Bonchev–Trinajstić information content (AvgIpc) is 1.88. The second-order valence-electron chi connectivity index (χ2n) is 2.07. The van der Waals surface area contributed by atoms with E-state index >= 15 is 0 Å². The molecule has 1 rings (SSSR count). The Hall–Kier alpha value is -0.440. The van der Waals surface area contributed by atoms with Crippen LogP contribution in [0.5, 0.6) is 0 Å². The van der Waals surface area contributed by atoms with Gasteiger partial charge in [-0.1, -0.05) is 0 Å². The van der Waals surface area contributed by atoms with Crippen molar-refractivity contribution in [2.24, 2.45) is 15.9 Å². The topological polar surface area (TPSA) is 48.5 Å². The molecule has 0 fully saturated rings. The molecular formula is C6H6IN3. The van der Waals surface area contributed by atoms with Gasteiger partial charge in [-0.05, 0) is 6.92 Å². The molecule has 0 aromatic heterocycles. The normalized spacial score (nSPS) is 31.1. The van der Waals surface area contributed by atoms with Crippen LogP contribution >= 0.6 is 22.6 Å². The molecule has 0 aliphatic carbocycles. The summed E-state index contributed by atoms with van der Waals surface area (Å²) in [5.74, 6) is -0.140. The number of nitriles is 1. The second kappa shape index (κ2) is 3.10. The van der Waals surface area contributed by atoms with Crippen molar-refractivity contribution in [3.8, 4) is 6.07 Å². The molecule has 1 heterocycles. The third kappa shape index (κ3) is 1.53. The molecule has 0 N–H and O–H groups in total. The zero-order valence-electron chi connectivity index (χ0n) is 5.45. The van der Waals surface area contributed by atoms with Gasteiger partial charge in [-0.15, -0.1) is 0 Å². The molecule has 1 aliphatic heterocycles. The monoisotopic (exact) mass is 247 g/mol. The number of nitrogens with zero attached hydrogens (tertiary/aromatic N) is 3. The average molecular weight is 247 g/mol. The zero-order chi connectivity index (χ0) is 7.56. The zero-order valence-corrected chi connectivity index (χ0v) is 7.61. The van der Waals surface area contributed by atoms with Gasteiger partial charge in [0.05, 0.1) is 12.1 Å². The number of hydrogen-bond donors (Lipinski definition) is 0. The molecule has 52 valence electrons. The summed E-state index contributed by atoms with van der Waals surface area (Å²) in [7, 11) is 0. The fourth-order valence-corrected chi connectivity index (χ4v) is 1.29. The summed E-state index contributed by atoms with van der Waals surface area (Å²) in [6.07, 6.45) is 1.65. The van der Waals surface area contributed by atoms with E-state index in [1.54, 1.807) is 6.21 Å². The van der Waals surface area contributed by atoms with Crippen molar-refractivity contribution in [3.05, 3.63) is 0 Å². The van der Waals surface area contributed by atoms with E-state index in [-0.39, 0.29) is 12.0 Å². The van der Waals surface area contributed by atoms with E-state index in [2.05, 4.69) is 16.1 Å². The van der Waals surface area contributed by atoms with E-state index < -0.39 is 0 Å². The van der Waals surface area contributed by atoms with Crippen LogP contribution in [-0.2, 0) is 0 Å². The van der Waals surface area contributed by atoms with Crippen LogP contribution in [0, 0.1) is 17.2 Å². The van der Waals surface area contributed by atoms with Crippen molar-refractivity contribution in [2.45, 2.75) is 13.0 Å². The van der Waals surface area contributed by atoms with Gasteiger partial charge in [0.25, 0.3) is 0 Å². The Kier molecular flexibility index (Phi) is 2.38. The number of halogens is 1. The Morgan fingerprint density at radius 2 is 2.50 bits per heavy atom. The van der Waals surface area contributed by atoms with Crippen LogP contribution in [0.2, 0.25) is 0 Å². The van der Waals surface area contributed by atoms with Gasteiger partial charge in [-0.2, -0.15) is 5.26 Å². The first kappa shape index (κ1) is 7.66. The summed E-state index contributed by atoms with van der Waals surface area (Å²) in [6.45, 7) is 1.91. The summed E-state index contributed by atoms with van der Waals surface area (Å²) in [6, 6.07) is 2.18. The first-order chi connectivity index (χ1) is 4.74. The molecule has 0 radical (unpaired) electrons. The van der Waals surface area contributed by atoms with Crippen LogP contribution in [0.25, 0.3) is 0 Å². The quantitative estimate of drug-likeness (QED) is 0.471. The SMILES string of the molecule is CC1N=C(I)N=CC1C#N. The van der Waals surface area contributed by atoms with Crippen molar-refractivity contribution in [1.82, 2.24) is 0 Å². The highest BCUT2D eigenvalue weighted by Crippen LogP contribution is 2.11. The molecule has 2 unspecified atom stereocenters. The molecule has 0 saturated carbocycles. The Labute approximate surface area is 73.0 Å². The van der Waals surface area contributed by atoms with E-state index in [0.717, 1.165) is 3.84 Å². The molecule has 0 aromatic rings. The van der Waals surface area contributed by atoms with Crippen molar-refractivity contribution in [3.63, 3.8) is 0 Å². The summed E-state index contributed by atoms with van der Waals surface area (Å²) >= 11 is 2.04. The standard InChI is InChI=1S/C6H6IN3/c1-4-5(2-8)3-9-6(7)10-4/h3-5H,1H3. The highest BCUT2D eigenvalue weighted by Gasteiger charge is 2.16. The van der Waals surface area contributed by atoms with Crippen LogP contribution in [0.15, 0.2) is 9.98 Å². The van der Waals surface area contributed by atoms with Gasteiger partial charge in [0.2, 0.25) is 0 Å². The van der Waals surface area contributed by atoms with E-state index in [0.29, 0.717) is 0 Å². The van der Waals surface area contributed by atoms with Gasteiger partial charge in [0.1, 0.15) is 5.92 Å². The lowest BCUT2D eigenvalue weighted by molar-refractivity contribution is 0.680. The fraction of sp³-hybridized carbons (Fsp3) is 0.500. The van der Waals surface area contributed by atoms with Gasteiger partial charge in [-0.25, -0.2) is 4.99 Å². The smallest absolute Gasteiger partial charge is 0.186 e.